The fourth-order valence-corrected chi connectivity index (χ4v) is 5.56. The minimum atomic E-state index is -1.50. The van der Waals surface area contributed by atoms with E-state index in [0.717, 1.165) is 21.5 Å². The van der Waals surface area contributed by atoms with Crippen LogP contribution in [-0.4, -0.2) is 17.2 Å². The molecule has 154 valence electrons. The van der Waals surface area contributed by atoms with E-state index >= 15 is 0 Å². The summed E-state index contributed by atoms with van der Waals surface area (Å²) in [4.78, 5) is 0. The molecule has 0 saturated carbocycles. The standard InChI is InChI=1S/C30H19BO2/c32-31(33)28-16-12-19-10-14-25-24(13-9-18-11-15-26(28)30(19)29(18)25)27-17-20-5-1-2-6-21(20)22-7-3-4-8-23(22)27/h1-17,32-33H. The molecule has 0 aliphatic heterocycles. The lowest BCUT2D eigenvalue weighted by Crippen LogP contribution is -2.30. The largest absolute Gasteiger partial charge is 0.489 e. The summed E-state index contributed by atoms with van der Waals surface area (Å²) in [5.74, 6) is 0. The van der Waals surface area contributed by atoms with Crippen LogP contribution in [0.5, 0.6) is 0 Å². The van der Waals surface area contributed by atoms with Crippen LogP contribution < -0.4 is 5.46 Å². The Morgan fingerprint density at radius 3 is 1.82 bits per heavy atom. The molecule has 2 nitrogen and oxygen atoms in total. The zero-order valence-electron chi connectivity index (χ0n) is 17.8. The van der Waals surface area contributed by atoms with Crippen LogP contribution >= 0.6 is 0 Å². The highest BCUT2D eigenvalue weighted by molar-refractivity contribution is 6.62. The van der Waals surface area contributed by atoms with Gasteiger partial charge in [-0.15, -0.1) is 0 Å². The topological polar surface area (TPSA) is 40.5 Å². The van der Waals surface area contributed by atoms with Gasteiger partial charge in [0.15, 0.2) is 0 Å². The highest BCUT2D eigenvalue weighted by Gasteiger charge is 2.19. The molecule has 7 rings (SSSR count). The summed E-state index contributed by atoms with van der Waals surface area (Å²) in [5.41, 5.74) is 2.94. The van der Waals surface area contributed by atoms with Crippen LogP contribution in [0.4, 0.5) is 0 Å². The van der Waals surface area contributed by atoms with Gasteiger partial charge in [-0.05, 0) is 76.5 Å². The van der Waals surface area contributed by atoms with E-state index in [1.807, 2.05) is 18.2 Å². The van der Waals surface area contributed by atoms with Crippen LogP contribution in [0.15, 0.2) is 103 Å². The van der Waals surface area contributed by atoms with E-state index in [1.165, 1.54) is 43.4 Å². The highest BCUT2D eigenvalue weighted by atomic mass is 16.4. The maximum atomic E-state index is 9.96. The smallest absolute Gasteiger partial charge is 0.423 e. The Kier molecular flexibility index (Phi) is 3.83. The molecule has 33 heavy (non-hydrogen) atoms. The van der Waals surface area contributed by atoms with Crippen molar-refractivity contribution in [1.82, 2.24) is 0 Å². The van der Waals surface area contributed by atoms with Crippen molar-refractivity contribution in [1.29, 1.82) is 0 Å². The lowest BCUT2D eigenvalue weighted by Gasteiger charge is -2.17. The molecule has 0 aromatic heterocycles. The average molecular weight is 422 g/mol. The molecule has 0 fully saturated rings. The van der Waals surface area contributed by atoms with Crippen LogP contribution in [0, 0.1) is 0 Å². The summed E-state index contributed by atoms with van der Waals surface area (Å²) in [6.45, 7) is 0. The molecule has 0 amide bonds. The molecular weight excluding hydrogens is 403 g/mol. The lowest BCUT2D eigenvalue weighted by molar-refractivity contribution is 0.426. The van der Waals surface area contributed by atoms with E-state index in [9.17, 15) is 10.0 Å². The number of benzene rings is 7. The van der Waals surface area contributed by atoms with Crippen LogP contribution in [-0.2, 0) is 0 Å². The molecular formula is C30H19BO2. The molecule has 3 heteroatoms. The molecule has 0 atom stereocenters. The first kappa shape index (κ1) is 18.6. The van der Waals surface area contributed by atoms with Crippen molar-refractivity contribution in [3.63, 3.8) is 0 Å². The molecule has 0 radical (unpaired) electrons. The molecule has 2 N–H and O–H groups in total. The van der Waals surface area contributed by atoms with Crippen molar-refractivity contribution in [3.8, 4) is 11.1 Å². The zero-order chi connectivity index (χ0) is 22.1. The average Bonchev–Trinajstić information content (AvgIpc) is 2.86. The van der Waals surface area contributed by atoms with Crippen LogP contribution in [0.25, 0.3) is 65.0 Å². The molecule has 0 heterocycles. The van der Waals surface area contributed by atoms with Crippen molar-refractivity contribution in [2.45, 2.75) is 0 Å². The summed E-state index contributed by atoms with van der Waals surface area (Å²) in [6.07, 6.45) is 0. The van der Waals surface area contributed by atoms with E-state index in [4.69, 9.17) is 0 Å². The van der Waals surface area contributed by atoms with Crippen LogP contribution in [0.2, 0.25) is 0 Å². The van der Waals surface area contributed by atoms with Crippen molar-refractivity contribution in [2.24, 2.45) is 0 Å². The van der Waals surface area contributed by atoms with Gasteiger partial charge in [0.25, 0.3) is 0 Å². The summed E-state index contributed by atoms with van der Waals surface area (Å²) < 4.78 is 0. The first-order valence-electron chi connectivity index (χ1n) is 11.2. The number of rotatable bonds is 2. The van der Waals surface area contributed by atoms with Crippen molar-refractivity contribution >= 4 is 66.4 Å². The minimum Gasteiger partial charge on any atom is -0.423 e. The Bertz CT molecular complexity index is 1850. The second-order valence-corrected chi connectivity index (χ2v) is 8.75. The van der Waals surface area contributed by atoms with Gasteiger partial charge in [0.2, 0.25) is 0 Å². The van der Waals surface area contributed by atoms with E-state index < -0.39 is 7.12 Å². The Balaban J connectivity index is 1.66. The second kappa shape index (κ2) is 6.79. The quantitative estimate of drug-likeness (QED) is 0.256. The number of hydrogen-bond donors (Lipinski definition) is 2. The van der Waals surface area contributed by atoms with Gasteiger partial charge in [0.1, 0.15) is 0 Å². The Labute approximate surface area is 190 Å². The third-order valence-corrected chi connectivity index (χ3v) is 7.03. The van der Waals surface area contributed by atoms with Crippen molar-refractivity contribution in [2.75, 3.05) is 0 Å². The summed E-state index contributed by atoms with van der Waals surface area (Å²) in [5, 5.41) is 31.5. The number of fused-ring (bicyclic) bond motifs is 3. The molecule has 0 unspecified atom stereocenters. The monoisotopic (exact) mass is 422 g/mol. The molecule has 0 aliphatic carbocycles. The lowest BCUT2D eigenvalue weighted by atomic mass is 9.75. The Morgan fingerprint density at radius 2 is 1.03 bits per heavy atom. The van der Waals surface area contributed by atoms with Crippen molar-refractivity contribution < 1.29 is 10.0 Å². The first-order chi connectivity index (χ1) is 16.2. The maximum Gasteiger partial charge on any atom is 0.489 e. The van der Waals surface area contributed by atoms with Gasteiger partial charge < -0.3 is 10.0 Å². The third kappa shape index (κ3) is 2.58. The van der Waals surface area contributed by atoms with Gasteiger partial charge >= 0.3 is 7.12 Å². The van der Waals surface area contributed by atoms with Crippen LogP contribution in [0.3, 0.4) is 0 Å². The fraction of sp³-hybridized carbons (Fsp3) is 0. The summed E-state index contributed by atoms with van der Waals surface area (Å²) in [7, 11) is -1.50. The fourth-order valence-electron chi connectivity index (χ4n) is 5.56. The molecule has 0 saturated heterocycles. The minimum absolute atomic E-state index is 0.540. The van der Waals surface area contributed by atoms with E-state index in [2.05, 4.69) is 84.9 Å². The summed E-state index contributed by atoms with van der Waals surface area (Å²) >= 11 is 0. The van der Waals surface area contributed by atoms with Gasteiger partial charge in [-0.25, -0.2) is 0 Å². The molecule has 0 spiro atoms. The van der Waals surface area contributed by atoms with Crippen molar-refractivity contribution in [3.05, 3.63) is 103 Å². The highest BCUT2D eigenvalue weighted by Crippen LogP contribution is 2.42. The number of hydrogen-bond acceptors (Lipinski definition) is 2. The van der Waals surface area contributed by atoms with Gasteiger partial charge in [-0.1, -0.05) is 97.1 Å². The molecule has 7 aromatic carbocycles. The van der Waals surface area contributed by atoms with Gasteiger partial charge in [-0.3, -0.25) is 0 Å². The Hall–Kier alpha value is -3.92. The predicted octanol–water partition coefficient (Wildman–Crippen LogP) is 6.24. The summed E-state index contributed by atoms with van der Waals surface area (Å²) in [6, 6.07) is 36.1. The van der Waals surface area contributed by atoms with E-state index in [0.29, 0.717) is 5.46 Å². The van der Waals surface area contributed by atoms with Gasteiger partial charge in [-0.2, -0.15) is 0 Å². The first-order valence-corrected chi connectivity index (χ1v) is 11.2. The molecule has 7 aromatic rings. The van der Waals surface area contributed by atoms with Gasteiger partial charge in [0, 0.05) is 0 Å². The van der Waals surface area contributed by atoms with Crippen LogP contribution in [0.1, 0.15) is 0 Å². The zero-order valence-corrected chi connectivity index (χ0v) is 17.8. The Morgan fingerprint density at radius 1 is 0.424 bits per heavy atom. The van der Waals surface area contributed by atoms with E-state index in [1.54, 1.807) is 0 Å². The van der Waals surface area contributed by atoms with E-state index in [-0.39, 0.29) is 0 Å². The SMILES string of the molecule is OB(O)c1ccc2ccc3c(-c4cc5ccccc5c5ccccc45)ccc4ccc1c2c43. The normalized spacial score (nSPS) is 11.9. The molecule has 0 aliphatic rings. The second-order valence-electron chi connectivity index (χ2n) is 8.75. The predicted molar refractivity (Wildman–Crippen MR) is 140 cm³/mol. The maximum absolute atomic E-state index is 9.96. The third-order valence-electron chi connectivity index (χ3n) is 7.03. The molecule has 0 bridgehead atoms. The van der Waals surface area contributed by atoms with Gasteiger partial charge in [0.05, 0.1) is 0 Å².